The molecule has 0 saturated heterocycles. The molecule has 11 heteroatoms. The molecule has 2 heterocycles. The summed E-state index contributed by atoms with van der Waals surface area (Å²) in [5.41, 5.74) is 2.09. The normalized spacial score (nSPS) is 10.9. The van der Waals surface area contributed by atoms with E-state index < -0.39 is 34.8 Å². The van der Waals surface area contributed by atoms with Crippen molar-refractivity contribution in [2.75, 3.05) is 10.6 Å². The van der Waals surface area contributed by atoms with Gasteiger partial charge in [-0.25, -0.2) is 26.9 Å². The highest BCUT2D eigenvalue weighted by atomic mass is 19.2. The zero-order chi connectivity index (χ0) is 26.8. The van der Waals surface area contributed by atoms with Crippen LogP contribution in [-0.2, 0) is 0 Å². The van der Waals surface area contributed by atoms with Crippen LogP contribution in [0.15, 0.2) is 79.3 Å². The number of carbonyl (C=O) groups excluding carboxylic acids is 1. The highest BCUT2D eigenvalue weighted by molar-refractivity contribution is 6.04. The third-order valence-electron chi connectivity index (χ3n) is 5.59. The molecule has 0 fully saturated rings. The minimum absolute atomic E-state index is 0.104. The molecule has 0 aliphatic rings. The number of nitrogens with one attached hydrogen (secondary N) is 3. The second-order valence-electron chi connectivity index (χ2n) is 8.07. The SMILES string of the molecule is O=C(Nc1ccc(-c2cnc(-c3ccc(Nc4c(F)c(F)c(F)c(F)c4F)cc3)[nH]2)cc1)c1cccnc1. The van der Waals surface area contributed by atoms with Crippen LogP contribution in [0.25, 0.3) is 22.6 Å². The molecule has 3 N–H and O–H groups in total. The van der Waals surface area contributed by atoms with Gasteiger partial charge in [0, 0.05) is 29.3 Å². The molecule has 5 aromatic rings. The standard InChI is InChI=1S/C27H16F5N5O/c28-20-21(29)23(31)25(24(32)22(20)30)35-17-9-5-15(6-10-17)26-34-13-19(37-26)14-3-7-18(8-4-14)36-27(38)16-2-1-11-33-12-16/h1-13,35H,(H,34,37)(H,36,38). The van der Waals surface area contributed by atoms with Gasteiger partial charge in [0.2, 0.25) is 5.82 Å². The lowest BCUT2D eigenvalue weighted by molar-refractivity contribution is 0.102. The Bertz CT molecular complexity index is 1590. The van der Waals surface area contributed by atoms with Gasteiger partial charge < -0.3 is 15.6 Å². The number of hydrogen-bond donors (Lipinski definition) is 3. The van der Waals surface area contributed by atoms with E-state index in [9.17, 15) is 26.7 Å². The molecule has 0 saturated carbocycles. The summed E-state index contributed by atoms with van der Waals surface area (Å²) >= 11 is 0. The number of pyridine rings is 1. The fourth-order valence-electron chi connectivity index (χ4n) is 3.62. The molecule has 0 aliphatic carbocycles. The molecule has 6 nitrogen and oxygen atoms in total. The zero-order valence-electron chi connectivity index (χ0n) is 19.2. The van der Waals surface area contributed by atoms with Gasteiger partial charge in [0.05, 0.1) is 17.5 Å². The third-order valence-corrected chi connectivity index (χ3v) is 5.59. The van der Waals surface area contributed by atoms with E-state index in [0.29, 0.717) is 28.3 Å². The third kappa shape index (κ3) is 4.81. The Kier molecular flexibility index (Phi) is 6.56. The van der Waals surface area contributed by atoms with Crippen LogP contribution in [-0.4, -0.2) is 20.9 Å². The number of nitrogens with zero attached hydrogens (tertiary/aromatic N) is 2. The smallest absolute Gasteiger partial charge is 0.257 e. The van der Waals surface area contributed by atoms with E-state index in [-0.39, 0.29) is 11.6 Å². The Labute approximate surface area is 212 Å². The van der Waals surface area contributed by atoms with Crippen molar-refractivity contribution in [1.82, 2.24) is 15.0 Å². The van der Waals surface area contributed by atoms with Gasteiger partial charge in [-0.2, -0.15) is 0 Å². The van der Waals surface area contributed by atoms with E-state index in [1.54, 1.807) is 60.9 Å². The van der Waals surface area contributed by atoms with Crippen LogP contribution in [0.4, 0.5) is 39.0 Å². The maximum Gasteiger partial charge on any atom is 0.257 e. The summed E-state index contributed by atoms with van der Waals surface area (Å²) in [4.78, 5) is 23.7. The molecule has 3 aromatic carbocycles. The average Bonchev–Trinajstić information content (AvgIpc) is 3.45. The highest BCUT2D eigenvalue weighted by Gasteiger charge is 2.25. The summed E-state index contributed by atoms with van der Waals surface area (Å²) in [6.45, 7) is 0. The van der Waals surface area contributed by atoms with Crippen LogP contribution in [0, 0.1) is 29.1 Å². The number of hydrogen-bond acceptors (Lipinski definition) is 4. The topological polar surface area (TPSA) is 82.7 Å². The van der Waals surface area contributed by atoms with E-state index in [1.165, 1.54) is 18.3 Å². The van der Waals surface area contributed by atoms with Crippen molar-refractivity contribution in [2.45, 2.75) is 0 Å². The molecule has 2 aromatic heterocycles. The number of benzene rings is 3. The number of halogens is 5. The van der Waals surface area contributed by atoms with Gasteiger partial charge in [-0.15, -0.1) is 0 Å². The quantitative estimate of drug-likeness (QED) is 0.130. The van der Waals surface area contributed by atoms with E-state index in [2.05, 4.69) is 25.6 Å². The number of imidazole rings is 1. The number of aromatic nitrogens is 3. The number of amides is 1. The van der Waals surface area contributed by atoms with Crippen LogP contribution in [0.2, 0.25) is 0 Å². The van der Waals surface area contributed by atoms with Gasteiger partial charge in [-0.3, -0.25) is 9.78 Å². The van der Waals surface area contributed by atoms with E-state index in [0.717, 1.165) is 5.56 Å². The monoisotopic (exact) mass is 521 g/mol. The van der Waals surface area contributed by atoms with Gasteiger partial charge in [-0.05, 0) is 54.1 Å². The van der Waals surface area contributed by atoms with Crippen LogP contribution < -0.4 is 10.6 Å². The molecule has 5 rings (SSSR count). The Morgan fingerprint density at radius 1 is 0.711 bits per heavy atom. The molecule has 38 heavy (non-hydrogen) atoms. The largest absolute Gasteiger partial charge is 0.351 e. The second-order valence-corrected chi connectivity index (χ2v) is 8.07. The minimum atomic E-state index is -2.22. The van der Waals surface area contributed by atoms with Gasteiger partial charge in [0.25, 0.3) is 5.91 Å². The van der Waals surface area contributed by atoms with Crippen molar-refractivity contribution >= 4 is 23.0 Å². The summed E-state index contributed by atoms with van der Waals surface area (Å²) in [6.07, 6.45) is 4.66. The molecule has 0 radical (unpaired) electrons. The molecule has 0 unspecified atom stereocenters. The summed E-state index contributed by atoms with van der Waals surface area (Å²) in [7, 11) is 0. The number of carbonyl (C=O) groups is 1. The van der Waals surface area contributed by atoms with Crippen LogP contribution >= 0.6 is 0 Å². The van der Waals surface area contributed by atoms with Gasteiger partial charge >= 0.3 is 0 Å². The first-order chi connectivity index (χ1) is 18.3. The Morgan fingerprint density at radius 2 is 1.32 bits per heavy atom. The fourth-order valence-corrected chi connectivity index (χ4v) is 3.62. The van der Waals surface area contributed by atoms with Gasteiger partial charge in [0.1, 0.15) is 11.5 Å². The summed E-state index contributed by atoms with van der Waals surface area (Å²) in [5.74, 6) is -10.00. The van der Waals surface area contributed by atoms with Crippen LogP contribution in [0.1, 0.15) is 10.4 Å². The number of aromatic amines is 1. The highest BCUT2D eigenvalue weighted by Crippen LogP contribution is 2.31. The van der Waals surface area contributed by atoms with E-state index in [4.69, 9.17) is 0 Å². The Balaban J connectivity index is 1.29. The maximum absolute atomic E-state index is 13.9. The Morgan fingerprint density at radius 3 is 1.95 bits per heavy atom. The lowest BCUT2D eigenvalue weighted by Crippen LogP contribution is -2.11. The number of H-pyrrole nitrogens is 1. The van der Waals surface area contributed by atoms with Crippen molar-refractivity contribution in [3.8, 4) is 22.6 Å². The molecule has 0 atom stereocenters. The molecule has 0 bridgehead atoms. The van der Waals surface area contributed by atoms with Crippen molar-refractivity contribution in [3.05, 3.63) is 114 Å². The number of anilines is 3. The first kappa shape index (κ1) is 24.6. The molecule has 1 amide bonds. The van der Waals surface area contributed by atoms with Crippen LogP contribution in [0.3, 0.4) is 0 Å². The predicted molar refractivity (Wildman–Crippen MR) is 131 cm³/mol. The van der Waals surface area contributed by atoms with E-state index >= 15 is 0 Å². The molecule has 0 spiro atoms. The molecular weight excluding hydrogens is 505 g/mol. The van der Waals surface area contributed by atoms with E-state index in [1.807, 2.05) is 0 Å². The molecule has 190 valence electrons. The molecule has 0 aliphatic heterocycles. The lowest BCUT2D eigenvalue weighted by Gasteiger charge is -2.11. The van der Waals surface area contributed by atoms with Gasteiger partial charge in [0.15, 0.2) is 23.3 Å². The average molecular weight is 521 g/mol. The molecular formula is C27H16F5N5O. The maximum atomic E-state index is 13.9. The van der Waals surface area contributed by atoms with Gasteiger partial charge in [-0.1, -0.05) is 12.1 Å². The van der Waals surface area contributed by atoms with Crippen molar-refractivity contribution < 1.29 is 26.7 Å². The summed E-state index contributed by atoms with van der Waals surface area (Å²) < 4.78 is 68.0. The van der Waals surface area contributed by atoms with Crippen molar-refractivity contribution in [1.29, 1.82) is 0 Å². The summed E-state index contributed by atoms with van der Waals surface area (Å²) in [6, 6.07) is 16.4. The lowest BCUT2D eigenvalue weighted by atomic mass is 10.1. The first-order valence-corrected chi connectivity index (χ1v) is 11.1. The zero-order valence-corrected chi connectivity index (χ0v) is 19.2. The predicted octanol–water partition coefficient (Wildman–Crippen LogP) is 6.83. The fraction of sp³-hybridized carbons (Fsp3) is 0. The second kappa shape index (κ2) is 10.1. The first-order valence-electron chi connectivity index (χ1n) is 11.1. The van der Waals surface area contributed by atoms with Crippen molar-refractivity contribution in [3.63, 3.8) is 0 Å². The number of rotatable bonds is 6. The van der Waals surface area contributed by atoms with Crippen LogP contribution in [0.5, 0.6) is 0 Å². The Hall–Kier alpha value is -5.06. The van der Waals surface area contributed by atoms with Crippen molar-refractivity contribution in [2.24, 2.45) is 0 Å². The summed E-state index contributed by atoms with van der Waals surface area (Å²) in [5, 5.41) is 5.02. The minimum Gasteiger partial charge on any atom is -0.351 e.